The summed E-state index contributed by atoms with van der Waals surface area (Å²) in [7, 11) is -1.23. The summed E-state index contributed by atoms with van der Waals surface area (Å²) >= 11 is 3.34. The molecular weight excluding hydrogens is 400 g/mol. The van der Waals surface area contributed by atoms with Crippen LogP contribution in [0.2, 0.25) is 0 Å². The first-order chi connectivity index (χ1) is 11.1. The number of sulfonamides is 1. The molecule has 0 saturated carbocycles. The Kier molecular flexibility index (Phi) is 4.86. The van der Waals surface area contributed by atoms with E-state index >= 15 is 0 Å². The molecule has 0 radical (unpaired) electrons. The molecule has 0 N–H and O–H groups in total. The number of anilines is 1. The van der Waals surface area contributed by atoms with Crippen molar-refractivity contribution in [3.63, 3.8) is 0 Å². The van der Waals surface area contributed by atoms with Gasteiger partial charge in [0, 0.05) is 35.4 Å². The van der Waals surface area contributed by atoms with Crippen molar-refractivity contribution < 1.29 is 22.7 Å². The highest BCUT2D eigenvalue weighted by molar-refractivity contribution is 9.10. The van der Waals surface area contributed by atoms with E-state index in [-0.39, 0.29) is 17.2 Å². The van der Waals surface area contributed by atoms with Crippen LogP contribution in [0.15, 0.2) is 34.8 Å². The molecule has 0 amide bonds. The summed E-state index contributed by atoms with van der Waals surface area (Å²) in [6.45, 7) is 4.66. The minimum atomic E-state index is -3.79. The number of nitrogens with zero attached hydrogens (tertiary/aromatic N) is 2. The molecule has 0 saturated heterocycles. The first kappa shape index (κ1) is 18.2. The highest BCUT2D eigenvalue weighted by atomic mass is 79.9. The van der Waals surface area contributed by atoms with Crippen molar-refractivity contribution in [2.45, 2.75) is 6.92 Å². The number of esters is 1. The highest BCUT2D eigenvalue weighted by Crippen LogP contribution is 2.37. The molecule has 0 bridgehead atoms. The van der Waals surface area contributed by atoms with E-state index in [1.165, 1.54) is 44.0 Å². The van der Waals surface area contributed by atoms with Crippen LogP contribution in [0.4, 0.5) is 5.69 Å². The monoisotopic (exact) mass is 414 g/mol. The zero-order chi connectivity index (χ0) is 18.2. The Balaban J connectivity index is 2.94. The summed E-state index contributed by atoms with van der Waals surface area (Å²) in [5.74, 6) is -0.928. The Bertz CT molecular complexity index is 962. The summed E-state index contributed by atoms with van der Waals surface area (Å²) in [4.78, 5) is 23.8. The second kappa shape index (κ2) is 6.40. The van der Waals surface area contributed by atoms with Crippen LogP contribution in [0.5, 0.6) is 0 Å². The third-order valence-electron chi connectivity index (χ3n) is 3.53. The molecule has 1 aromatic carbocycles. The summed E-state index contributed by atoms with van der Waals surface area (Å²) in [5, 5.41) is 1.28. The fraction of sp³-hybridized carbons (Fsp3) is 0.200. The number of carbonyl (C=O) groups excluding carboxylic acids is 2. The zero-order valence-corrected chi connectivity index (χ0v) is 15.6. The predicted octanol–water partition coefficient (Wildman–Crippen LogP) is 2.76. The molecule has 24 heavy (non-hydrogen) atoms. The molecule has 7 nitrogen and oxygen atoms in total. The van der Waals surface area contributed by atoms with Crippen LogP contribution in [0.1, 0.15) is 22.1 Å². The van der Waals surface area contributed by atoms with Gasteiger partial charge in [-0.3, -0.25) is 13.7 Å². The number of ether oxygens (including phenoxy) is 1. The SMILES string of the molecule is C=CS(=O)(=O)N(C)c1cc(C(=O)OC)cc2c1c(Br)cn2C(C)=O. The molecular formula is C15H15BrN2O5S. The van der Waals surface area contributed by atoms with Crippen molar-refractivity contribution in [3.05, 3.63) is 40.4 Å². The largest absolute Gasteiger partial charge is 0.465 e. The molecule has 9 heteroatoms. The van der Waals surface area contributed by atoms with E-state index in [0.29, 0.717) is 15.4 Å². The summed E-state index contributed by atoms with van der Waals surface area (Å²) in [5.41, 5.74) is 0.734. The normalized spacial score (nSPS) is 11.3. The van der Waals surface area contributed by atoms with Gasteiger partial charge in [-0.1, -0.05) is 6.58 Å². The standard InChI is InChI=1S/C15H15BrN2O5S/c1-5-24(21,22)17(3)12-6-10(15(20)23-4)7-13-14(12)11(16)8-18(13)9(2)19/h5-8H,1H2,2-4H3. The quantitative estimate of drug-likeness (QED) is 0.717. The van der Waals surface area contributed by atoms with Crippen LogP contribution < -0.4 is 4.31 Å². The average molecular weight is 415 g/mol. The van der Waals surface area contributed by atoms with Gasteiger partial charge >= 0.3 is 5.97 Å². The Morgan fingerprint density at radius 1 is 1.38 bits per heavy atom. The van der Waals surface area contributed by atoms with E-state index in [1.807, 2.05) is 0 Å². The number of methoxy groups -OCH3 is 1. The van der Waals surface area contributed by atoms with E-state index in [1.54, 1.807) is 0 Å². The van der Waals surface area contributed by atoms with Gasteiger partial charge in [0.05, 0.1) is 23.9 Å². The van der Waals surface area contributed by atoms with Crippen molar-refractivity contribution in [2.75, 3.05) is 18.5 Å². The molecule has 0 atom stereocenters. The Labute approximate surface area is 147 Å². The smallest absolute Gasteiger partial charge is 0.338 e. The number of hydrogen-bond donors (Lipinski definition) is 0. The fourth-order valence-electron chi connectivity index (χ4n) is 2.29. The molecule has 0 aliphatic rings. The van der Waals surface area contributed by atoms with E-state index in [9.17, 15) is 18.0 Å². The lowest BCUT2D eigenvalue weighted by Gasteiger charge is -2.19. The maximum Gasteiger partial charge on any atom is 0.338 e. The van der Waals surface area contributed by atoms with E-state index < -0.39 is 16.0 Å². The number of hydrogen-bond acceptors (Lipinski definition) is 5. The van der Waals surface area contributed by atoms with Crippen molar-refractivity contribution in [3.8, 4) is 0 Å². The summed E-state index contributed by atoms with van der Waals surface area (Å²) in [6.07, 6.45) is 1.52. The van der Waals surface area contributed by atoms with Crippen LogP contribution in [0.3, 0.4) is 0 Å². The highest BCUT2D eigenvalue weighted by Gasteiger charge is 2.23. The van der Waals surface area contributed by atoms with Crippen LogP contribution in [-0.2, 0) is 14.8 Å². The van der Waals surface area contributed by atoms with Gasteiger partial charge in [-0.2, -0.15) is 0 Å². The molecule has 1 aromatic heterocycles. The molecule has 0 aliphatic carbocycles. The fourth-order valence-corrected chi connectivity index (χ4v) is 3.54. The first-order valence-electron chi connectivity index (χ1n) is 6.69. The van der Waals surface area contributed by atoms with E-state index in [0.717, 1.165) is 9.71 Å². The third kappa shape index (κ3) is 2.96. The first-order valence-corrected chi connectivity index (χ1v) is 8.99. The molecule has 2 aromatic rings. The Morgan fingerprint density at radius 2 is 2.00 bits per heavy atom. The minimum absolute atomic E-state index is 0.124. The summed E-state index contributed by atoms with van der Waals surface area (Å²) in [6, 6.07) is 2.87. The van der Waals surface area contributed by atoms with Gasteiger partial charge in [-0.15, -0.1) is 0 Å². The molecule has 2 rings (SSSR count). The van der Waals surface area contributed by atoms with Crippen LogP contribution in [0.25, 0.3) is 10.9 Å². The van der Waals surface area contributed by atoms with Crippen molar-refractivity contribution in [2.24, 2.45) is 0 Å². The van der Waals surface area contributed by atoms with Crippen molar-refractivity contribution >= 4 is 54.4 Å². The molecule has 0 unspecified atom stereocenters. The van der Waals surface area contributed by atoms with Crippen molar-refractivity contribution in [1.82, 2.24) is 4.57 Å². The van der Waals surface area contributed by atoms with Gasteiger partial charge in [0.2, 0.25) is 5.91 Å². The van der Waals surface area contributed by atoms with Gasteiger partial charge in [-0.25, -0.2) is 13.2 Å². The maximum absolute atomic E-state index is 12.1. The number of benzene rings is 1. The molecule has 0 aliphatic heterocycles. The lowest BCUT2D eigenvalue weighted by Crippen LogP contribution is -2.24. The predicted molar refractivity (Wildman–Crippen MR) is 94.8 cm³/mol. The van der Waals surface area contributed by atoms with Gasteiger partial charge in [0.15, 0.2) is 0 Å². The number of rotatable bonds is 4. The molecule has 0 fully saturated rings. The second-order valence-electron chi connectivity index (χ2n) is 4.93. The zero-order valence-electron chi connectivity index (χ0n) is 13.2. The third-order valence-corrected chi connectivity index (χ3v) is 5.51. The van der Waals surface area contributed by atoms with Gasteiger partial charge < -0.3 is 4.74 Å². The molecule has 128 valence electrons. The van der Waals surface area contributed by atoms with Gasteiger partial charge in [0.25, 0.3) is 10.0 Å². The van der Waals surface area contributed by atoms with Crippen molar-refractivity contribution in [1.29, 1.82) is 0 Å². The van der Waals surface area contributed by atoms with Crippen LogP contribution in [-0.4, -0.2) is 39.0 Å². The van der Waals surface area contributed by atoms with Gasteiger partial charge in [-0.05, 0) is 28.1 Å². The summed E-state index contributed by atoms with van der Waals surface area (Å²) < 4.78 is 31.8. The molecule has 0 spiro atoms. The second-order valence-corrected chi connectivity index (χ2v) is 7.69. The Morgan fingerprint density at radius 3 is 2.50 bits per heavy atom. The Hall–Kier alpha value is -2.13. The van der Waals surface area contributed by atoms with Gasteiger partial charge in [0.1, 0.15) is 0 Å². The molecule has 1 heterocycles. The maximum atomic E-state index is 12.1. The lowest BCUT2D eigenvalue weighted by molar-refractivity contribution is 0.0600. The minimum Gasteiger partial charge on any atom is -0.465 e. The van der Waals surface area contributed by atoms with Crippen LogP contribution in [0, 0.1) is 0 Å². The average Bonchev–Trinajstić information content (AvgIpc) is 2.89. The number of halogens is 1. The topological polar surface area (TPSA) is 85.7 Å². The van der Waals surface area contributed by atoms with Crippen LogP contribution >= 0.6 is 15.9 Å². The number of fused-ring (bicyclic) bond motifs is 1. The van der Waals surface area contributed by atoms with E-state index in [4.69, 9.17) is 4.74 Å². The van der Waals surface area contributed by atoms with E-state index in [2.05, 4.69) is 22.5 Å². The number of aromatic nitrogens is 1. The number of carbonyl (C=O) groups is 2. The lowest BCUT2D eigenvalue weighted by atomic mass is 10.1.